The summed E-state index contributed by atoms with van der Waals surface area (Å²) in [6.07, 6.45) is 17.5. The van der Waals surface area contributed by atoms with Crippen LogP contribution >= 0.6 is 0 Å². The van der Waals surface area contributed by atoms with E-state index in [4.69, 9.17) is 15.1 Å². The normalized spacial score (nSPS) is 17.9. The summed E-state index contributed by atoms with van der Waals surface area (Å²) in [7, 11) is 0. The zero-order valence-electron chi connectivity index (χ0n) is 26.1. The number of nitriles is 1. The molecule has 0 heterocycles. The third-order valence-electron chi connectivity index (χ3n) is 8.98. The Bertz CT molecular complexity index is 1210. The minimum Gasteiger partial charge on any atom is -0.494 e. The minimum absolute atomic E-state index is 0.274. The summed E-state index contributed by atoms with van der Waals surface area (Å²) in [4.78, 5) is 23.0. The molecular formula is C36H49N3O5. The van der Waals surface area contributed by atoms with Gasteiger partial charge in [0.15, 0.2) is 0 Å². The molecule has 0 radical (unpaired) electrons. The number of unbranched alkanes of at least 4 members (excludes halogenated alkanes) is 10. The number of benzene rings is 2. The molecule has 1 aliphatic rings. The van der Waals surface area contributed by atoms with Crippen molar-refractivity contribution in [1.82, 2.24) is 0 Å². The minimum atomic E-state index is -0.707. The van der Waals surface area contributed by atoms with E-state index in [9.17, 15) is 14.7 Å². The maximum atomic E-state index is 12.4. The molecule has 2 atom stereocenters. The van der Waals surface area contributed by atoms with Crippen LogP contribution in [0.5, 0.6) is 5.75 Å². The van der Waals surface area contributed by atoms with Crippen molar-refractivity contribution in [2.24, 2.45) is 21.6 Å². The number of hydrogen-bond donors (Lipinski definition) is 2. The van der Waals surface area contributed by atoms with Crippen LogP contribution in [0.3, 0.4) is 0 Å². The van der Waals surface area contributed by atoms with Crippen molar-refractivity contribution in [2.45, 2.75) is 116 Å². The number of rotatable bonds is 22. The monoisotopic (exact) mass is 603 g/mol. The molecule has 2 unspecified atom stereocenters. The van der Waals surface area contributed by atoms with Gasteiger partial charge in [-0.25, -0.2) is 0 Å². The van der Waals surface area contributed by atoms with Crippen LogP contribution in [-0.2, 0) is 9.59 Å². The molecule has 2 N–H and O–H groups in total. The van der Waals surface area contributed by atoms with Crippen molar-refractivity contribution < 1.29 is 24.5 Å². The molecule has 1 saturated carbocycles. The first kappa shape index (κ1) is 34.8. The van der Waals surface area contributed by atoms with Crippen LogP contribution in [0.2, 0.25) is 0 Å². The lowest BCUT2D eigenvalue weighted by molar-refractivity contribution is -0.152. The maximum absolute atomic E-state index is 12.4. The van der Waals surface area contributed by atoms with Gasteiger partial charge in [0, 0.05) is 6.42 Å². The van der Waals surface area contributed by atoms with Crippen molar-refractivity contribution in [2.75, 3.05) is 6.61 Å². The van der Waals surface area contributed by atoms with Crippen LogP contribution in [0.1, 0.15) is 121 Å². The molecule has 2 aromatic rings. The highest BCUT2D eigenvalue weighted by molar-refractivity contribution is 5.75. The fourth-order valence-corrected chi connectivity index (χ4v) is 6.42. The molecule has 44 heavy (non-hydrogen) atoms. The standard InChI is InChI=1S/C36H49N3O5/c37-28-29-17-19-31(20-18-29)38-39-32-21-23-33(24-22-32)44-27-12-8-7-11-25-36(35(42)43)26-13-15-30(36)14-9-5-3-1-2-4-6-10-16-34(40)41/h17-24,30H,1-16,25-27H2,(H,40,41)(H,42,43). The first-order valence-corrected chi connectivity index (χ1v) is 16.5. The molecule has 1 aliphatic carbocycles. The van der Waals surface area contributed by atoms with E-state index in [2.05, 4.69) is 16.3 Å². The van der Waals surface area contributed by atoms with Gasteiger partial charge in [-0.05, 0) is 93.0 Å². The Kier molecular flexibility index (Phi) is 15.4. The van der Waals surface area contributed by atoms with Gasteiger partial charge >= 0.3 is 11.9 Å². The van der Waals surface area contributed by atoms with Crippen molar-refractivity contribution >= 4 is 23.3 Å². The fraction of sp³-hybridized carbons (Fsp3) is 0.583. The second-order valence-electron chi connectivity index (χ2n) is 12.2. The van der Waals surface area contributed by atoms with Crippen LogP contribution in [0, 0.1) is 22.7 Å². The zero-order valence-corrected chi connectivity index (χ0v) is 26.1. The van der Waals surface area contributed by atoms with E-state index < -0.39 is 17.4 Å². The molecule has 1 fully saturated rings. The van der Waals surface area contributed by atoms with Gasteiger partial charge in [0.05, 0.1) is 35.0 Å². The van der Waals surface area contributed by atoms with Crippen LogP contribution in [-0.4, -0.2) is 28.8 Å². The molecule has 0 amide bonds. The molecule has 8 heteroatoms. The summed E-state index contributed by atoms with van der Waals surface area (Å²) in [6.45, 7) is 0.626. The van der Waals surface area contributed by atoms with Gasteiger partial charge in [0.25, 0.3) is 0 Å². The van der Waals surface area contributed by atoms with Gasteiger partial charge in [-0.15, -0.1) is 0 Å². The summed E-state index contributed by atoms with van der Waals surface area (Å²) in [5.74, 6) is -0.214. The molecule has 2 aromatic carbocycles. The number of nitrogens with zero attached hydrogens (tertiary/aromatic N) is 3. The molecule has 8 nitrogen and oxygen atoms in total. The third-order valence-corrected chi connectivity index (χ3v) is 8.98. The summed E-state index contributed by atoms with van der Waals surface area (Å²) in [6, 6.07) is 16.5. The van der Waals surface area contributed by atoms with Gasteiger partial charge in [-0.1, -0.05) is 70.6 Å². The Morgan fingerprint density at radius 2 is 1.36 bits per heavy atom. The molecule has 3 rings (SSSR count). The quantitative estimate of drug-likeness (QED) is 0.102. The number of carbonyl (C=O) groups is 2. The Morgan fingerprint density at radius 3 is 1.98 bits per heavy atom. The lowest BCUT2D eigenvalue weighted by Crippen LogP contribution is -2.35. The van der Waals surface area contributed by atoms with Crippen molar-refractivity contribution in [3.05, 3.63) is 54.1 Å². The molecule has 238 valence electrons. The van der Waals surface area contributed by atoms with E-state index in [1.807, 2.05) is 24.3 Å². The summed E-state index contributed by atoms with van der Waals surface area (Å²) in [5.41, 5.74) is 1.46. The predicted molar refractivity (Wildman–Crippen MR) is 172 cm³/mol. The van der Waals surface area contributed by atoms with Gasteiger partial charge < -0.3 is 14.9 Å². The number of carboxylic acids is 2. The number of aliphatic carboxylic acids is 2. The molecule has 0 aliphatic heterocycles. The Labute approximate surface area is 262 Å². The summed E-state index contributed by atoms with van der Waals surface area (Å²) in [5, 5.41) is 36.2. The van der Waals surface area contributed by atoms with Crippen LogP contribution in [0.4, 0.5) is 11.4 Å². The largest absolute Gasteiger partial charge is 0.494 e. The Hall–Kier alpha value is -3.73. The van der Waals surface area contributed by atoms with Crippen LogP contribution < -0.4 is 4.74 Å². The average molecular weight is 604 g/mol. The highest BCUT2D eigenvalue weighted by atomic mass is 16.5. The zero-order chi connectivity index (χ0) is 31.5. The van der Waals surface area contributed by atoms with Gasteiger partial charge in [0.2, 0.25) is 0 Å². The molecule has 0 aromatic heterocycles. The topological polar surface area (TPSA) is 132 Å². The molecule has 0 bridgehead atoms. The molecule has 0 spiro atoms. The Balaban J connectivity index is 1.27. The second-order valence-corrected chi connectivity index (χ2v) is 12.2. The predicted octanol–water partition coefficient (Wildman–Crippen LogP) is 10.2. The first-order chi connectivity index (χ1) is 21.4. The maximum Gasteiger partial charge on any atom is 0.309 e. The number of carboxylic acid groups (broad SMARTS) is 2. The number of ether oxygens (including phenoxy) is 1. The van der Waals surface area contributed by atoms with Crippen molar-refractivity contribution in [3.63, 3.8) is 0 Å². The van der Waals surface area contributed by atoms with Gasteiger partial charge in [-0.3, -0.25) is 9.59 Å². The number of hydrogen-bond acceptors (Lipinski definition) is 6. The SMILES string of the molecule is N#Cc1ccc(N=Nc2ccc(OCCCCCCC3(C(=O)O)CCCC3CCCCCCCCCCC(=O)O)cc2)cc1. The van der Waals surface area contributed by atoms with Crippen LogP contribution in [0.15, 0.2) is 58.8 Å². The van der Waals surface area contributed by atoms with Crippen molar-refractivity contribution in [3.8, 4) is 11.8 Å². The second kappa shape index (κ2) is 19.5. The number of azo groups is 1. The van der Waals surface area contributed by atoms with E-state index in [0.717, 1.165) is 108 Å². The van der Waals surface area contributed by atoms with E-state index in [0.29, 0.717) is 23.8 Å². The van der Waals surface area contributed by atoms with E-state index in [1.54, 1.807) is 24.3 Å². The molecule has 0 saturated heterocycles. The van der Waals surface area contributed by atoms with Crippen molar-refractivity contribution in [1.29, 1.82) is 5.26 Å². The van der Waals surface area contributed by atoms with E-state index in [-0.39, 0.29) is 6.42 Å². The van der Waals surface area contributed by atoms with E-state index in [1.165, 1.54) is 12.8 Å². The highest BCUT2D eigenvalue weighted by Gasteiger charge is 2.47. The smallest absolute Gasteiger partial charge is 0.309 e. The summed E-state index contributed by atoms with van der Waals surface area (Å²) < 4.78 is 5.89. The molecular weight excluding hydrogens is 554 g/mol. The lowest BCUT2D eigenvalue weighted by atomic mass is 9.72. The summed E-state index contributed by atoms with van der Waals surface area (Å²) >= 11 is 0. The first-order valence-electron chi connectivity index (χ1n) is 16.5. The van der Waals surface area contributed by atoms with Gasteiger partial charge in [-0.2, -0.15) is 15.5 Å². The van der Waals surface area contributed by atoms with Gasteiger partial charge in [0.1, 0.15) is 5.75 Å². The lowest BCUT2D eigenvalue weighted by Gasteiger charge is -2.31. The fourth-order valence-electron chi connectivity index (χ4n) is 6.42. The third kappa shape index (κ3) is 12.1. The van der Waals surface area contributed by atoms with E-state index >= 15 is 0 Å². The highest BCUT2D eigenvalue weighted by Crippen LogP contribution is 2.49. The van der Waals surface area contributed by atoms with Crippen LogP contribution in [0.25, 0.3) is 0 Å². The Morgan fingerprint density at radius 1 is 0.795 bits per heavy atom. The average Bonchev–Trinajstić information content (AvgIpc) is 3.45.